The van der Waals surface area contributed by atoms with Gasteiger partial charge in [0.2, 0.25) is 0 Å². The molecule has 38 valence electrons. The molecule has 3 rings (SSSR count). The number of hydrogen-bond donors (Lipinski definition) is 0. The van der Waals surface area contributed by atoms with Crippen LogP contribution in [-0.4, -0.2) is 5.78 Å². The molecule has 0 amide bonds. The second-order valence-electron chi connectivity index (χ2n) is 2.61. The molecule has 3 fully saturated rings. The first-order valence-corrected chi connectivity index (χ1v) is 2.91. The molecular formula is C6H8O. The second-order valence-corrected chi connectivity index (χ2v) is 2.61. The molecule has 3 aliphatic carbocycles. The number of rotatable bonds is 0. The van der Waals surface area contributed by atoms with Gasteiger partial charge in [-0.3, -0.25) is 4.79 Å². The average Bonchev–Trinajstić information content (AvgIpc) is 2.18. The fourth-order valence-corrected chi connectivity index (χ4v) is 1.67. The first kappa shape index (κ1) is 3.65. The Bertz CT molecular complexity index is 101. The molecular weight excluding hydrogens is 88.1 g/mol. The zero-order valence-corrected chi connectivity index (χ0v) is 4.18. The average molecular weight is 96.1 g/mol. The molecule has 0 heterocycles. The largest absolute Gasteiger partial charge is 0.299 e. The van der Waals surface area contributed by atoms with Gasteiger partial charge in [-0.2, -0.15) is 0 Å². The van der Waals surface area contributed by atoms with Gasteiger partial charge in [0, 0.05) is 11.8 Å². The lowest BCUT2D eigenvalue weighted by molar-refractivity contribution is -0.130. The zero-order chi connectivity index (χ0) is 4.85. The SMILES string of the molecule is O=C1[C@H]2CC[C@H]1C2. The fraction of sp³-hybridized carbons (Fsp3) is 0.833. The van der Waals surface area contributed by atoms with Crippen molar-refractivity contribution in [1.82, 2.24) is 0 Å². The van der Waals surface area contributed by atoms with Crippen LogP contribution in [0.25, 0.3) is 0 Å². The molecule has 0 N–H and O–H groups in total. The lowest BCUT2D eigenvalue weighted by atomic mass is 9.83. The monoisotopic (exact) mass is 96.1 g/mol. The van der Waals surface area contributed by atoms with E-state index in [4.69, 9.17) is 0 Å². The molecule has 1 nitrogen and oxygen atoms in total. The summed E-state index contributed by atoms with van der Waals surface area (Å²) < 4.78 is 0. The van der Waals surface area contributed by atoms with Crippen molar-refractivity contribution < 1.29 is 4.79 Å². The normalized spacial score (nSPS) is 46.6. The molecule has 7 heavy (non-hydrogen) atoms. The lowest BCUT2D eigenvalue weighted by Crippen LogP contribution is -2.26. The summed E-state index contributed by atoms with van der Waals surface area (Å²) in [6, 6.07) is 0. The summed E-state index contributed by atoms with van der Waals surface area (Å²) in [6.07, 6.45) is 3.62. The molecule has 0 aliphatic heterocycles. The number of carbonyl (C=O) groups excluding carboxylic acids is 1. The highest BCUT2D eigenvalue weighted by Gasteiger charge is 2.45. The van der Waals surface area contributed by atoms with E-state index >= 15 is 0 Å². The van der Waals surface area contributed by atoms with Crippen LogP contribution < -0.4 is 0 Å². The minimum Gasteiger partial charge on any atom is -0.299 e. The van der Waals surface area contributed by atoms with Crippen LogP contribution in [0, 0.1) is 11.8 Å². The van der Waals surface area contributed by atoms with E-state index in [9.17, 15) is 4.79 Å². The zero-order valence-electron chi connectivity index (χ0n) is 4.18. The third kappa shape index (κ3) is 0.275. The molecule has 3 aliphatic rings. The molecule has 0 aromatic carbocycles. The molecule has 1 heteroatoms. The molecule has 0 spiro atoms. The van der Waals surface area contributed by atoms with E-state index in [1.807, 2.05) is 0 Å². The number of carbonyl (C=O) groups is 1. The standard InChI is InChI=1S/C6H8O/c7-6-4-1-2-5(6)3-4/h4-5H,1-3H2/t4-,5-/m0/s1. The minimum atomic E-state index is 0.519. The maximum atomic E-state index is 10.6. The van der Waals surface area contributed by atoms with Crippen LogP contribution >= 0.6 is 0 Å². The summed E-state index contributed by atoms with van der Waals surface area (Å²) in [7, 11) is 0. The molecule has 2 bridgehead atoms. The van der Waals surface area contributed by atoms with Crippen molar-refractivity contribution >= 4 is 5.78 Å². The van der Waals surface area contributed by atoms with Crippen LogP contribution in [-0.2, 0) is 4.79 Å². The highest BCUT2D eigenvalue weighted by atomic mass is 16.1. The van der Waals surface area contributed by atoms with Crippen molar-refractivity contribution in [1.29, 1.82) is 0 Å². The van der Waals surface area contributed by atoms with Crippen LogP contribution in [0.4, 0.5) is 0 Å². The Labute approximate surface area is 42.7 Å². The van der Waals surface area contributed by atoms with Crippen molar-refractivity contribution in [2.45, 2.75) is 19.3 Å². The first-order chi connectivity index (χ1) is 3.38. The van der Waals surface area contributed by atoms with Gasteiger partial charge in [-0.05, 0) is 19.3 Å². The lowest BCUT2D eigenvalue weighted by Gasteiger charge is -2.19. The topological polar surface area (TPSA) is 17.1 Å². The summed E-state index contributed by atoms with van der Waals surface area (Å²) in [5.74, 6) is 1.59. The smallest absolute Gasteiger partial charge is 0.139 e. The summed E-state index contributed by atoms with van der Waals surface area (Å²) in [6.45, 7) is 0. The van der Waals surface area contributed by atoms with Gasteiger partial charge >= 0.3 is 0 Å². The van der Waals surface area contributed by atoms with Crippen LogP contribution in [0.2, 0.25) is 0 Å². The molecule has 0 aromatic heterocycles. The van der Waals surface area contributed by atoms with Crippen molar-refractivity contribution in [3.05, 3.63) is 0 Å². The molecule has 3 saturated carbocycles. The summed E-state index contributed by atoms with van der Waals surface area (Å²) in [5, 5.41) is 0. The molecule has 2 atom stereocenters. The fourth-order valence-electron chi connectivity index (χ4n) is 1.67. The van der Waals surface area contributed by atoms with Crippen LogP contribution in [0.3, 0.4) is 0 Å². The van der Waals surface area contributed by atoms with E-state index in [1.165, 1.54) is 19.3 Å². The van der Waals surface area contributed by atoms with Crippen molar-refractivity contribution in [2.24, 2.45) is 11.8 Å². The van der Waals surface area contributed by atoms with Crippen LogP contribution in [0.1, 0.15) is 19.3 Å². The van der Waals surface area contributed by atoms with E-state index in [1.54, 1.807) is 0 Å². The highest BCUT2D eigenvalue weighted by Crippen LogP contribution is 2.44. The minimum absolute atomic E-state index is 0.519. The summed E-state index contributed by atoms with van der Waals surface area (Å²) >= 11 is 0. The molecule has 0 saturated heterocycles. The maximum Gasteiger partial charge on any atom is 0.139 e. The van der Waals surface area contributed by atoms with Gasteiger partial charge in [0.05, 0.1) is 0 Å². The predicted molar refractivity (Wildman–Crippen MR) is 25.8 cm³/mol. The Morgan fingerprint density at radius 3 is 2.00 bits per heavy atom. The third-order valence-corrected chi connectivity index (χ3v) is 2.24. The van der Waals surface area contributed by atoms with Gasteiger partial charge < -0.3 is 0 Å². The third-order valence-electron chi connectivity index (χ3n) is 2.24. The molecule has 0 unspecified atom stereocenters. The number of ketones is 1. The molecule has 0 radical (unpaired) electrons. The number of fused-ring (bicyclic) bond motifs is 1. The Morgan fingerprint density at radius 2 is 1.86 bits per heavy atom. The van der Waals surface area contributed by atoms with Gasteiger partial charge in [-0.25, -0.2) is 0 Å². The van der Waals surface area contributed by atoms with Gasteiger partial charge in [0.1, 0.15) is 5.78 Å². The van der Waals surface area contributed by atoms with Crippen molar-refractivity contribution in [3.63, 3.8) is 0 Å². The highest BCUT2D eigenvalue weighted by molar-refractivity contribution is 5.90. The van der Waals surface area contributed by atoms with Crippen molar-refractivity contribution in [3.8, 4) is 0 Å². The quantitative estimate of drug-likeness (QED) is 0.439. The summed E-state index contributed by atoms with van der Waals surface area (Å²) in [4.78, 5) is 10.6. The Hall–Kier alpha value is -0.330. The van der Waals surface area contributed by atoms with E-state index in [0.717, 1.165) is 0 Å². The first-order valence-electron chi connectivity index (χ1n) is 2.91. The van der Waals surface area contributed by atoms with E-state index in [2.05, 4.69) is 0 Å². The van der Waals surface area contributed by atoms with Crippen LogP contribution in [0.15, 0.2) is 0 Å². The Balaban J connectivity index is 2.29. The molecule has 0 aromatic rings. The summed E-state index contributed by atoms with van der Waals surface area (Å²) in [5.41, 5.74) is 0. The van der Waals surface area contributed by atoms with Gasteiger partial charge in [0.25, 0.3) is 0 Å². The van der Waals surface area contributed by atoms with Crippen molar-refractivity contribution in [2.75, 3.05) is 0 Å². The van der Waals surface area contributed by atoms with Gasteiger partial charge in [0.15, 0.2) is 0 Å². The maximum absolute atomic E-state index is 10.6. The Kier molecular flexibility index (Phi) is 0.473. The van der Waals surface area contributed by atoms with E-state index in [-0.39, 0.29) is 0 Å². The van der Waals surface area contributed by atoms with E-state index in [0.29, 0.717) is 17.6 Å². The second kappa shape index (κ2) is 0.908. The van der Waals surface area contributed by atoms with E-state index < -0.39 is 0 Å². The number of Topliss-reactive ketones (excluding diaryl/α,β-unsaturated/α-hetero) is 1. The van der Waals surface area contributed by atoms with Crippen LogP contribution in [0.5, 0.6) is 0 Å². The number of hydrogen-bond acceptors (Lipinski definition) is 1. The predicted octanol–water partition coefficient (Wildman–Crippen LogP) is 0.985. The Morgan fingerprint density at radius 1 is 1.29 bits per heavy atom. The van der Waals surface area contributed by atoms with Gasteiger partial charge in [-0.15, -0.1) is 0 Å². The van der Waals surface area contributed by atoms with Gasteiger partial charge in [-0.1, -0.05) is 0 Å².